The zero-order valence-corrected chi connectivity index (χ0v) is 20.3. The lowest BCUT2D eigenvalue weighted by Gasteiger charge is -2.32. The number of hydrogen-bond donors (Lipinski definition) is 1. The minimum absolute atomic E-state index is 0. The molecule has 2 aromatic heterocycles. The van der Waals surface area contributed by atoms with E-state index in [2.05, 4.69) is 32.3 Å². The predicted molar refractivity (Wildman–Crippen MR) is 129 cm³/mol. The Bertz CT molecular complexity index is 1000. The SMILES string of the molecule is CN=C(NCc1coc(-c2cccs2)n1)N1CCc2cc(OC)c(OC)cc2C1.I. The second-order valence-electron chi connectivity index (χ2n) is 6.67. The average molecular weight is 540 g/mol. The van der Waals surface area contributed by atoms with E-state index in [1.807, 2.05) is 17.5 Å². The van der Waals surface area contributed by atoms with Gasteiger partial charge in [-0.1, -0.05) is 6.07 Å². The van der Waals surface area contributed by atoms with Crippen molar-refractivity contribution in [3.8, 4) is 22.3 Å². The monoisotopic (exact) mass is 540 g/mol. The van der Waals surface area contributed by atoms with E-state index in [4.69, 9.17) is 13.9 Å². The summed E-state index contributed by atoms with van der Waals surface area (Å²) in [5.41, 5.74) is 3.35. The fourth-order valence-electron chi connectivity index (χ4n) is 3.47. The van der Waals surface area contributed by atoms with E-state index in [9.17, 15) is 0 Å². The molecule has 1 aliphatic rings. The summed E-state index contributed by atoms with van der Waals surface area (Å²) in [6.45, 7) is 2.19. The lowest BCUT2D eigenvalue weighted by molar-refractivity contribution is 0.346. The number of aromatic nitrogens is 1. The molecule has 3 aromatic rings. The molecule has 7 nitrogen and oxygen atoms in total. The van der Waals surface area contributed by atoms with Crippen LogP contribution in [0.15, 0.2) is 45.3 Å². The molecule has 0 aliphatic carbocycles. The van der Waals surface area contributed by atoms with Crippen molar-refractivity contribution in [2.24, 2.45) is 4.99 Å². The van der Waals surface area contributed by atoms with Gasteiger partial charge in [0, 0.05) is 20.1 Å². The summed E-state index contributed by atoms with van der Waals surface area (Å²) in [4.78, 5) is 12.3. The normalized spacial score (nSPS) is 13.4. The third kappa shape index (κ3) is 4.72. The van der Waals surface area contributed by atoms with Crippen molar-refractivity contribution in [2.75, 3.05) is 27.8 Å². The number of nitrogens with zero attached hydrogens (tertiary/aromatic N) is 3. The molecule has 0 bridgehead atoms. The first-order valence-corrected chi connectivity index (χ1v) is 10.3. The third-order valence-corrected chi connectivity index (χ3v) is 5.80. The van der Waals surface area contributed by atoms with Crippen LogP contribution in [0.5, 0.6) is 11.5 Å². The Balaban J connectivity index is 0.00000256. The molecule has 0 fully saturated rings. The van der Waals surface area contributed by atoms with Crippen molar-refractivity contribution < 1.29 is 13.9 Å². The fraction of sp³-hybridized carbons (Fsp3) is 0.333. The molecule has 0 unspecified atom stereocenters. The molecule has 3 heterocycles. The summed E-state index contributed by atoms with van der Waals surface area (Å²) in [7, 11) is 5.12. The maximum atomic E-state index is 5.59. The summed E-state index contributed by atoms with van der Waals surface area (Å²) in [6, 6.07) is 8.12. The van der Waals surface area contributed by atoms with Gasteiger partial charge in [-0.05, 0) is 41.1 Å². The van der Waals surface area contributed by atoms with Crippen LogP contribution in [-0.4, -0.2) is 43.7 Å². The highest BCUT2D eigenvalue weighted by Crippen LogP contribution is 2.33. The van der Waals surface area contributed by atoms with E-state index in [-0.39, 0.29) is 24.0 Å². The maximum absolute atomic E-state index is 5.59. The summed E-state index contributed by atoms with van der Waals surface area (Å²) < 4.78 is 16.5. The van der Waals surface area contributed by atoms with Gasteiger partial charge >= 0.3 is 0 Å². The lowest BCUT2D eigenvalue weighted by atomic mass is 9.99. The minimum Gasteiger partial charge on any atom is -0.493 e. The molecule has 160 valence electrons. The first-order chi connectivity index (χ1) is 14.2. The molecule has 0 atom stereocenters. The van der Waals surface area contributed by atoms with Crippen LogP contribution in [0.2, 0.25) is 0 Å². The van der Waals surface area contributed by atoms with Crippen LogP contribution in [0.1, 0.15) is 16.8 Å². The van der Waals surface area contributed by atoms with E-state index in [0.717, 1.165) is 47.5 Å². The quantitative estimate of drug-likeness (QED) is 0.298. The van der Waals surface area contributed by atoms with Crippen molar-refractivity contribution in [2.45, 2.75) is 19.5 Å². The first kappa shape index (κ1) is 22.4. The molecular formula is C21H25IN4O3S. The van der Waals surface area contributed by atoms with Crippen molar-refractivity contribution in [1.82, 2.24) is 15.2 Å². The Labute approximate surface area is 197 Å². The van der Waals surface area contributed by atoms with Crippen LogP contribution in [0, 0.1) is 0 Å². The van der Waals surface area contributed by atoms with E-state index < -0.39 is 0 Å². The molecule has 0 saturated heterocycles. The van der Waals surface area contributed by atoms with Crippen LogP contribution in [0.4, 0.5) is 0 Å². The van der Waals surface area contributed by atoms with Crippen molar-refractivity contribution >= 4 is 41.3 Å². The van der Waals surface area contributed by atoms with E-state index in [0.29, 0.717) is 12.4 Å². The molecule has 0 spiro atoms. The molecule has 1 aliphatic heterocycles. The van der Waals surface area contributed by atoms with E-state index in [1.54, 1.807) is 38.9 Å². The summed E-state index contributed by atoms with van der Waals surface area (Å²) in [6.07, 6.45) is 2.61. The number of fused-ring (bicyclic) bond motifs is 1. The second-order valence-corrected chi connectivity index (χ2v) is 7.62. The molecule has 1 N–H and O–H groups in total. The summed E-state index contributed by atoms with van der Waals surface area (Å²) in [5, 5.41) is 5.41. The topological polar surface area (TPSA) is 72.1 Å². The van der Waals surface area contributed by atoms with Gasteiger partial charge < -0.3 is 24.1 Å². The Kier molecular flexibility index (Phi) is 7.59. The number of ether oxygens (including phenoxy) is 2. The standard InChI is InChI=1S/C21H24N4O3S.HI/c1-22-21(23-11-16-13-28-20(24-16)19-5-4-8-29-19)25-7-6-14-9-17(26-2)18(27-3)10-15(14)12-25;/h4-5,8-10,13H,6-7,11-12H2,1-3H3,(H,22,23);1H. The number of oxazole rings is 1. The van der Waals surface area contributed by atoms with Gasteiger partial charge in [0.1, 0.15) is 6.26 Å². The van der Waals surface area contributed by atoms with Gasteiger partial charge in [-0.2, -0.15) is 0 Å². The first-order valence-electron chi connectivity index (χ1n) is 9.39. The molecule has 9 heteroatoms. The van der Waals surface area contributed by atoms with Crippen molar-refractivity contribution in [1.29, 1.82) is 0 Å². The average Bonchev–Trinajstić information content (AvgIpc) is 3.45. The molecule has 0 saturated carbocycles. The van der Waals surface area contributed by atoms with Crippen LogP contribution in [0.3, 0.4) is 0 Å². The Hall–Kier alpha value is -2.27. The van der Waals surface area contributed by atoms with Gasteiger partial charge in [-0.25, -0.2) is 4.98 Å². The lowest BCUT2D eigenvalue weighted by Crippen LogP contribution is -2.43. The molecule has 0 amide bonds. The van der Waals surface area contributed by atoms with Gasteiger partial charge in [-0.15, -0.1) is 35.3 Å². The smallest absolute Gasteiger partial charge is 0.236 e. The second kappa shape index (κ2) is 10.2. The van der Waals surface area contributed by atoms with Gasteiger partial charge in [-0.3, -0.25) is 4.99 Å². The number of halogens is 1. The predicted octanol–water partition coefficient (Wildman–Crippen LogP) is 4.17. The molecule has 0 radical (unpaired) electrons. The Morgan fingerprint density at radius 2 is 2.03 bits per heavy atom. The van der Waals surface area contributed by atoms with Crippen molar-refractivity contribution in [3.63, 3.8) is 0 Å². The van der Waals surface area contributed by atoms with Crippen molar-refractivity contribution in [3.05, 3.63) is 52.7 Å². The van der Waals surface area contributed by atoms with E-state index in [1.165, 1.54) is 11.1 Å². The number of hydrogen-bond acceptors (Lipinski definition) is 6. The molecule has 1 aromatic carbocycles. The Morgan fingerprint density at radius 3 is 2.70 bits per heavy atom. The summed E-state index contributed by atoms with van der Waals surface area (Å²) >= 11 is 1.61. The van der Waals surface area contributed by atoms with Gasteiger partial charge in [0.25, 0.3) is 0 Å². The minimum atomic E-state index is 0. The van der Waals surface area contributed by atoms with Crippen LogP contribution < -0.4 is 14.8 Å². The number of methoxy groups -OCH3 is 2. The molecular weight excluding hydrogens is 515 g/mol. The largest absolute Gasteiger partial charge is 0.493 e. The van der Waals surface area contributed by atoms with Gasteiger partial charge in [0.2, 0.25) is 5.89 Å². The van der Waals surface area contributed by atoms with Crippen LogP contribution >= 0.6 is 35.3 Å². The highest BCUT2D eigenvalue weighted by Gasteiger charge is 2.22. The maximum Gasteiger partial charge on any atom is 0.236 e. The summed E-state index contributed by atoms with van der Waals surface area (Å²) in [5.74, 6) is 3.01. The highest BCUT2D eigenvalue weighted by atomic mass is 127. The molecule has 30 heavy (non-hydrogen) atoms. The number of thiophene rings is 1. The van der Waals surface area contributed by atoms with Crippen LogP contribution in [-0.2, 0) is 19.5 Å². The number of rotatable bonds is 5. The molecule has 4 rings (SSSR count). The fourth-order valence-corrected chi connectivity index (χ4v) is 4.12. The highest BCUT2D eigenvalue weighted by molar-refractivity contribution is 14.0. The van der Waals surface area contributed by atoms with Gasteiger partial charge in [0.15, 0.2) is 17.5 Å². The van der Waals surface area contributed by atoms with E-state index >= 15 is 0 Å². The third-order valence-electron chi connectivity index (χ3n) is 4.94. The van der Waals surface area contributed by atoms with Crippen LogP contribution in [0.25, 0.3) is 10.8 Å². The zero-order valence-electron chi connectivity index (χ0n) is 17.2. The number of aliphatic imine (C=N–C) groups is 1. The number of nitrogens with one attached hydrogen (secondary N) is 1. The number of guanidine groups is 1. The van der Waals surface area contributed by atoms with Gasteiger partial charge in [0.05, 0.1) is 31.3 Å². The zero-order chi connectivity index (χ0) is 20.2. The Morgan fingerprint density at radius 1 is 1.27 bits per heavy atom. The number of benzene rings is 1.